The molecular formula is C11H15Cl2NO2S. The third-order valence-corrected chi connectivity index (χ3v) is 4.95. The van der Waals surface area contributed by atoms with Gasteiger partial charge in [0.1, 0.15) is 0 Å². The Labute approximate surface area is 112 Å². The number of benzene rings is 1. The highest BCUT2D eigenvalue weighted by Crippen LogP contribution is 2.30. The molecule has 0 fully saturated rings. The summed E-state index contributed by atoms with van der Waals surface area (Å²) in [5.41, 5.74) is 0.694. The van der Waals surface area contributed by atoms with E-state index in [4.69, 9.17) is 23.2 Å². The van der Waals surface area contributed by atoms with E-state index in [2.05, 4.69) is 5.32 Å². The molecule has 1 N–H and O–H groups in total. The van der Waals surface area contributed by atoms with Gasteiger partial charge >= 0.3 is 0 Å². The van der Waals surface area contributed by atoms with Crippen LogP contribution in [-0.4, -0.2) is 27.0 Å². The van der Waals surface area contributed by atoms with E-state index in [1.54, 1.807) is 32.2 Å². The van der Waals surface area contributed by atoms with Gasteiger partial charge in [0.15, 0.2) is 9.84 Å². The van der Waals surface area contributed by atoms with Crippen molar-refractivity contribution in [3.8, 4) is 0 Å². The predicted molar refractivity (Wildman–Crippen MR) is 72.6 cm³/mol. The average molecular weight is 296 g/mol. The molecule has 0 heterocycles. The fourth-order valence-corrected chi connectivity index (χ4v) is 2.84. The summed E-state index contributed by atoms with van der Waals surface area (Å²) in [6.45, 7) is 1.65. The van der Waals surface area contributed by atoms with Gasteiger partial charge in [0, 0.05) is 22.3 Å². The second-order valence-electron chi connectivity index (χ2n) is 3.97. The third-order valence-electron chi connectivity index (χ3n) is 2.75. The molecule has 0 amide bonds. The summed E-state index contributed by atoms with van der Waals surface area (Å²) in [5.74, 6) is 0. The summed E-state index contributed by atoms with van der Waals surface area (Å²) in [6, 6.07) is 4.65. The van der Waals surface area contributed by atoms with Crippen LogP contribution < -0.4 is 5.32 Å². The molecule has 0 bridgehead atoms. The number of nitrogens with one attached hydrogen (secondary N) is 1. The van der Waals surface area contributed by atoms with Crippen LogP contribution in [0.25, 0.3) is 0 Å². The first-order valence-electron chi connectivity index (χ1n) is 5.08. The first-order chi connectivity index (χ1) is 7.77. The zero-order valence-corrected chi connectivity index (χ0v) is 12.2. The molecule has 1 aromatic rings. The van der Waals surface area contributed by atoms with E-state index >= 15 is 0 Å². The smallest absolute Gasteiger partial charge is 0.151 e. The fourth-order valence-electron chi connectivity index (χ4n) is 1.64. The van der Waals surface area contributed by atoms with E-state index < -0.39 is 15.1 Å². The second-order valence-corrected chi connectivity index (χ2v) is 7.21. The van der Waals surface area contributed by atoms with E-state index in [-0.39, 0.29) is 6.04 Å². The van der Waals surface area contributed by atoms with Crippen LogP contribution in [0.5, 0.6) is 0 Å². The molecule has 0 aliphatic heterocycles. The summed E-state index contributed by atoms with van der Waals surface area (Å²) < 4.78 is 23.2. The predicted octanol–water partition coefficient (Wildman–Crippen LogP) is 2.69. The van der Waals surface area contributed by atoms with Crippen molar-refractivity contribution in [2.75, 3.05) is 13.3 Å². The van der Waals surface area contributed by atoms with E-state index in [1.165, 1.54) is 6.26 Å². The van der Waals surface area contributed by atoms with Crippen LogP contribution >= 0.6 is 23.2 Å². The molecule has 17 heavy (non-hydrogen) atoms. The minimum atomic E-state index is -3.16. The minimum absolute atomic E-state index is 0.379. The normalized spacial score (nSPS) is 15.6. The number of hydrogen-bond acceptors (Lipinski definition) is 3. The second kappa shape index (κ2) is 5.57. The Morgan fingerprint density at radius 1 is 1.29 bits per heavy atom. The van der Waals surface area contributed by atoms with Crippen molar-refractivity contribution in [3.63, 3.8) is 0 Å². The van der Waals surface area contributed by atoms with Crippen LogP contribution in [0.4, 0.5) is 0 Å². The molecule has 0 saturated carbocycles. The lowest BCUT2D eigenvalue weighted by atomic mass is 10.0. The monoisotopic (exact) mass is 295 g/mol. The van der Waals surface area contributed by atoms with E-state index in [1.807, 2.05) is 0 Å². The Balaban J connectivity index is 3.23. The lowest BCUT2D eigenvalue weighted by Gasteiger charge is -2.23. The fraction of sp³-hybridized carbons (Fsp3) is 0.455. The maximum atomic E-state index is 11.6. The molecule has 2 atom stereocenters. The SMILES string of the molecule is CNC(c1cc(Cl)ccc1Cl)C(C)S(C)(=O)=O. The third kappa shape index (κ3) is 3.58. The lowest BCUT2D eigenvalue weighted by molar-refractivity contribution is 0.535. The topological polar surface area (TPSA) is 46.2 Å². The van der Waals surface area contributed by atoms with Gasteiger partial charge in [-0.1, -0.05) is 23.2 Å². The summed E-state index contributed by atoms with van der Waals surface area (Å²) in [4.78, 5) is 0. The Bertz CT molecular complexity index is 502. The summed E-state index contributed by atoms with van der Waals surface area (Å²) in [6.07, 6.45) is 1.21. The molecule has 0 radical (unpaired) electrons. The molecule has 2 unspecified atom stereocenters. The van der Waals surface area contributed by atoms with Crippen molar-refractivity contribution in [3.05, 3.63) is 33.8 Å². The van der Waals surface area contributed by atoms with Crippen molar-refractivity contribution in [2.24, 2.45) is 0 Å². The molecule has 1 rings (SSSR count). The number of sulfone groups is 1. The average Bonchev–Trinajstić information content (AvgIpc) is 2.22. The summed E-state index contributed by atoms with van der Waals surface area (Å²) >= 11 is 12.0. The molecule has 0 aliphatic rings. The van der Waals surface area contributed by atoms with Crippen LogP contribution in [0.2, 0.25) is 10.0 Å². The van der Waals surface area contributed by atoms with Gasteiger partial charge in [0.05, 0.1) is 5.25 Å². The van der Waals surface area contributed by atoms with Crippen molar-refractivity contribution in [2.45, 2.75) is 18.2 Å². The van der Waals surface area contributed by atoms with Crippen molar-refractivity contribution < 1.29 is 8.42 Å². The number of hydrogen-bond donors (Lipinski definition) is 1. The Morgan fingerprint density at radius 2 is 1.88 bits per heavy atom. The highest BCUT2D eigenvalue weighted by molar-refractivity contribution is 7.91. The molecule has 96 valence electrons. The van der Waals surface area contributed by atoms with Crippen LogP contribution in [0.3, 0.4) is 0 Å². The quantitative estimate of drug-likeness (QED) is 0.929. The Kier molecular flexibility index (Phi) is 4.84. The molecule has 0 aromatic heterocycles. The molecule has 0 spiro atoms. The molecule has 3 nitrogen and oxygen atoms in total. The van der Waals surface area contributed by atoms with Gasteiger partial charge in [0.25, 0.3) is 0 Å². The van der Waals surface area contributed by atoms with E-state index in [0.717, 1.165) is 0 Å². The Hall–Kier alpha value is -0.290. The van der Waals surface area contributed by atoms with Gasteiger partial charge < -0.3 is 5.32 Å². The van der Waals surface area contributed by atoms with Gasteiger partial charge in [-0.25, -0.2) is 8.42 Å². The van der Waals surface area contributed by atoms with Crippen LogP contribution in [0.1, 0.15) is 18.5 Å². The van der Waals surface area contributed by atoms with Crippen molar-refractivity contribution >= 4 is 33.0 Å². The largest absolute Gasteiger partial charge is 0.312 e. The molecular weight excluding hydrogens is 281 g/mol. The molecule has 6 heteroatoms. The van der Waals surface area contributed by atoms with Gasteiger partial charge in [-0.15, -0.1) is 0 Å². The van der Waals surface area contributed by atoms with Crippen LogP contribution in [-0.2, 0) is 9.84 Å². The minimum Gasteiger partial charge on any atom is -0.312 e. The van der Waals surface area contributed by atoms with Crippen molar-refractivity contribution in [1.29, 1.82) is 0 Å². The molecule has 0 saturated heterocycles. The number of rotatable bonds is 4. The van der Waals surface area contributed by atoms with Gasteiger partial charge in [-0.2, -0.15) is 0 Å². The highest BCUT2D eigenvalue weighted by Gasteiger charge is 2.27. The number of halogens is 2. The first-order valence-corrected chi connectivity index (χ1v) is 7.79. The van der Waals surface area contributed by atoms with E-state index in [0.29, 0.717) is 15.6 Å². The Morgan fingerprint density at radius 3 is 2.35 bits per heavy atom. The maximum Gasteiger partial charge on any atom is 0.151 e. The van der Waals surface area contributed by atoms with Gasteiger partial charge in [-0.05, 0) is 37.7 Å². The van der Waals surface area contributed by atoms with Crippen LogP contribution in [0, 0.1) is 0 Å². The summed E-state index contributed by atoms with van der Waals surface area (Å²) in [5, 5.41) is 3.43. The zero-order chi connectivity index (χ0) is 13.2. The maximum absolute atomic E-state index is 11.6. The lowest BCUT2D eigenvalue weighted by Crippen LogP contribution is -2.33. The van der Waals surface area contributed by atoms with Gasteiger partial charge in [0.2, 0.25) is 0 Å². The van der Waals surface area contributed by atoms with Gasteiger partial charge in [-0.3, -0.25) is 0 Å². The van der Waals surface area contributed by atoms with Crippen LogP contribution in [0.15, 0.2) is 18.2 Å². The standard InChI is InChI=1S/C11H15Cl2NO2S/c1-7(17(3,15)16)11(14-2)9-6-8(12)4-5-10(9)13/h4-7,11,14H,1-3H3. The van der Waals surface area contributed by atoms with E-state index in [9.17, 15) is 8.42 Å². The molecule has 0 aliphatic carbocycles. The van der Waals surface area contributed by atoms with Crippen molar-refractivity contribution in [1.82, 2.24) is 5.32 Å². The molecule has 1 aromatic carbocycles. The first kappa shape index (κ1) is 14.8. The zero-order valence-electron chi connectivity index (χ0n) is 9.87. The highest BCUT2D eigenvalue weighted by atomic mass is 35.5. The summed E-state index contributed by atoms with van der Waals surface area (Å²) in [7, 11) is -1.46.